The van der Waals surface area contributed by atoms with Gasteiger partial charge in [-0.05, 0) is 49.7 Å². The highest BCUT2D eigenvalue weighted by Gasteiger charge is 2.13. The van der Waals surface area contributed by atoms with Gasteiger partial charge in [-0.2, -0.15) is 0 Å². The van der Waals surface area contributed by atoms with E-state index in [2.05, 4.69) is 17.2 Å². The van der Waals surface area contributed by atoms with E-state index in [1.807, 2.05) is 37.3 Å². The zero-order valence-corrected chi connectivity index (χ0v) is 17.5. The number of fused-ring (bicyclic) bond motifs is 1. The molecule has 0 saturated carbocycles. The zero-order chi connectivity index (χ0) is 20.6. The van der Waals surface area contributed by atoms with Gasteiger partial charge in [0.1, 0.15) is 5.75 Å². The molecule has 2 aromatic carbocycles. The molecule has 29 heavy (non-hydrogen) atoms. The lowest BCUT2D eigenvalue weighted by Gasteiger charge is -2.13. The van der Waals surface area contributed by atoms with Gasteiger partial charge in [-0.25, -0.2) is 4.98 Å². The maximum absolute atomic E-state index is 12.9. The number of carbonyl (C=O) groups is 1. The second-order valence-electron chi connectivity index (χ2n) is 6.52. The van der Waals surface area contributed by atoms with Crippen LogP contribution >= 0.6 is 11.8 Å². The van der Waals surface area contributed by atoms with Gasteiger partial charge in [-0.1, -0.05) is 37.2 Å². The summed E-state index contributed by atoms with van der Waals surface area (Å²) in [4.78, 5) is 29.9. The molecule has 6 nitrogen and oxygen atoms in total. The first-order valence-electron chi connectivity index (χ1n) is 9.77. The molecule has 0 saturated heterocycles. The quantitative estimate of drug-likeness (QED) is 0.419. The van der Waals surface area contributed by atoms with Crippen molar-refractivity contribution in [2.45, 2.75) is 38.4 Å². The first-order valence-corrected chi connectivity index (χ1v) is 10.8. The van der Waals surface area contributed by atoms with Gasteiger partial charge in [0.15, 0.2) is 5.16 Å². The largest absolute Gasteiger partial charge is 0.494 e. The summed E-state index contributed by atoms with van der Waals surface area (Å²) in [6.45, 7) is 5.20. The second kappa shape index (κ2) is 10.1. The van der Waals surface area contributed by atoms with Crippen LogP contribution in [0.5, 0.6) is 5.75 Å². The van der Waals surface area contributed by atoms with Crippen molar-refractivity contribution in [3.8, 4) is 5.75 Å². The Morgan fingerprint density at radius 2 is 1.90 bits per heavy atom. The molecule has 0 fully saturated rings. The monoisotopic (exact) mass is 411 g/mol. The molecule has 0 aliphatic carbocycles. The van der Waals surface area contributed by atoms with E-state index in [1.165, 1.54) is 11.8 Å². The fraction of sp³-hybridized carbons (Fsp3) is 0.318. The van der Waals surface area contributed by atoms with Crippen molar-refractivity contribution in [3.05, 3.63) is 58.9 Å². The van der Waals surface area contributed by atoms with Crippen molar-refractivity contribution < 1.29 is 9.53 Å². The smallest absolute Gasteiger partial charge is 0.262 e. The van der Waals surface area contributed by atoms with Crippen molar-refractivity contribution in [1.82, 2.24) is 9.55 Å². The lowest BCUT2D eigenvalue weighted by atomic mass is 10.2. The standard InChI is InChI=1S/C22H25N3O3S/c1-3-5-14-25-21(27)18-8-6-7-9-19(18)24-22(25)29-15-20(26)23-16-10-12-17(13-11-16)28-4-2/h6-13H,3-5,14-15H2,1-2H3,(H,23,26). The van der Waals surface area contributed by atoms with Crippen LogP contribution in [0.1, 0.15) is 26.7 Å². The maximum Gasteiger partial charge on any atom is 0.262 e. The summed E-state index contributed by atoms with van der Waals surface area (Å²) in [7, 11) is 0. The van der Waals surface area contributed by atoms with E-state index in [9.17, 15) is 9.59 Å². The van der Waals surface area contributed by atoms with Crippen molar-refractivity contribution in [1.29, 1.82) is 0 Å². The Balaban J connectivity index is 1.73. The maximum atomic E-state index is 12.9. The van der Waals surface area contributed by atoms with E-state index >= 15 is 0 Å². The predicted molar refractivity (Wildman–Crippen MR) is 118 cm³/mol. The van der Waals surface area contributed by atoms with Crippen molar-refractivity contribution in [2.75, 3.05) is 17.7 Å². The lowest BCUT2D eigenvalue weighted by Crippen LogP contribution is -2.24. The van der Waals surface area contributed by atoms with Gasteiger partial charge in [0, 0.05) is 12.2 Å². The zero-order valence-electron chi connectivity index (χ0n) is 16.7. The highest BCUT2D eigenvalue weighted by atomic mass is 32.2. The number of thioether (sulfide) groups is 1. The number of hydrogen-bond donors (Lipinski definition) is 1. The first kappa shape index (κ1) is 20.9. The summed E-state index contributed by atoms with van der Waals surface area (Å²) in [5, 5.41) is 4.04. The van der Waals surface area contributed by atoms with E-state index in [0.29, 0.717) is 34.9 Å². The fourth-order valence-electron chi connectivity index (χ4n) is 2.90. The van der Waals surface area contributed by atoms with Gasteiger partial charge < -0.3 is 10.1 Å². The molecule has 3 aromatic rings. The molecule has 0 spiro atoms. The fourth-order valence-corrected chi connectivity index (χ4v) is 3.72. The summed E-state index contributed by atoms with van der Waals surface area (Å²) < 4.78 is 7.09. The first-order chi connectivity index (χ1) is 14.1. The van der Waals surface area contributed by atoms with Gasteiger partial charge in [0.05, 0.1) is 23.3 Å². The van der Waals surface area contributed by atoms with Gasteiger partial charge >= 0.3 is 0 Å². The number of benzene rings is 2. The predicted octanol–water partition coefficient (Wildman–Crippen LogP) is 4.33. The minimum atomic E-state index is -0.149. The summed E-state index contributed by atoms with van der Waals surface area (Å²) in [6, 6.07) is 14.6. The van der Waals surface area contributed by atoms with Crippen LogP contribution in [0.25, 0.3) is 10.9 Å². The molecule has 0 atom stereocenters. The minimum absolute atomic E-state index is 0.0570. The Hall–Kier alpha value is -2.80. The molecule has 1 aromatic heterocycles. The minimum Gasteiger partial charge on any atom is -0.494 e. The van der Waals surface area contributed by atoms with Crippen LogP contribution < -0.4 is 15.6 Å². The number of rotatable bonds is 9. The third-order valence-corrected chi connectivity index (χ3v) is 5.32. The average Bonchev–Trinajstić information content (AvgIpc) is 2.73. The number of unbranched alkanes of at least 4 members (excludes halogenated alkanes) is 1. The van der Waals surface area contributed by atoms with Gasteiger partial charge in [-0.3, -0.25) is 14.2 Å². The number of ether oxygens (including phenoxy) is 1. The number of anilines is 1. The molecule has 152 valence electrons. The number of aromatic nitrogens is 2. The van der Waals surface area contributed by atoms with Crippen LogP contribution in [0.15, 0.2) is 58.5 Å². The van der Waals surface area contributed by atoms with Crippen molar-refractivity contribution >= 4 is 34.3 Å². The second-order valence-corrected chi connectivity index (χ2v) is 7.46. The number of nitrogens with one attached hydrogen (secondary N) is 1. The molecule has 0 unspecified atom stereocenters. The molecule has 0 radical (unpaired) electrons. The number of para-hydroxylation sites is 1. The molecule has 0 aliphatic heterocycles. The molecule has 7 heteroatoms. The van der Waals surface area contributed by atoms with Crippen LogP contribution in [-0.2, 0) is 11.3 Å². The molecule has 1 amide bonds. The number of amides is 1. The lowest BCUT2D eigenvalue weighted by molar-refractivity contribution is -0.113. The normalized spacial score (nSPS) is 10.8. The third-order valence-electron chi connectivity index (χ3n) is 4.34. The Morgan fingerprint density at radius 1 is 1.14 bits per heavy atom. The van der Waals surface area contributed by atoms with Gasteiger partial charge in [-0.15, -0.1) is 0 Å². The van der Waals surface area contributed by atoms with Gasteiger partial charge in [0.25, 0.3) is 5.56 Å². The SMILES string of the molecule is CCCCn1c(SCC(=O)Nc2ccc(OCC)cc2)nc2ccccc2c1=O. The Kier molecular flexibility index (Phi) is 7.30. The third kappa shape index (κ3) is 5.38. The molecular formula is C22H25N3O3S. The van der Waals surface area contributed by atoms with E-state index in [0.717, 1.165) is 18.6 Å². The van der Waals surface area contributed by atoms with Gasteiger partial charge in [0.2, 0.25) is 5.91 Å². The van der Waals surface area contributed by atoms with E-state index in [4.69, 9.17) is 4.74 Å². The van der Waals surface area contributed by atoms with Crippen LogP contribution in [0.4, 0.5) is 5.69 Å². The van der Waals surface area contributed by atoms with Crippen LogP contribution in [0.2, 0.25) is 0 Å². The highest BCUT2D eigenvalue weighted by Crippen LogP contribution is 2.20. The van der Waals surface area contributed by atoms with Crippen molar-refractivity contribution in [3.63, 3.8) is 0 Å². The summed E-state index contributed by atoms with van der Waals surface area (Å²) in [6.07, 6.45) is 1.85. The van der Waals surface area contributed by atoms with Crippen LogP contribution in [0.3, 0.4) is 0 Å². The van der Waals surface area contributed by atoms with Crippen LogP contribution in [-0.4, -0.2) is 27.8 Å². The number of hydrogen-bond acceptors (Lipinski definition) is 5. The Labute approximate surface area is 174 Å². The van der Waals surface area contributed by atoms with E-state index < -0.39 is 0 Å². The topological polar surface area (TPSA) is 73.2 Å². The molecule has 0 bridgehead atoms. The molecule has 3 rings (SSSR count). The summed E-state index contributed by atoms with van der Waals surface area (Å²) >= 11 is 1.28. The van der Waals surface area contributed by atoms with E-state index in [-0.39, 0.29) is 17.2 Å². The molecule has 1 heterocycles. The number of carbonyl (C=O) groups excluding carboxylic acids is 1. The van der Waals surface area contributed by atoms with Crippen molar-refractivity contribution in [2.24, 2.45) is 0 Å². The summed E-state index contributed by atoms with van der Waals surface area (Å²) in [5.41, 5.74) is 1.30. The molecule has 0 aliphatic rings. The Morgan fingerprint density at radius 3 is 2.62 bits per heavy atom. The Bertz CT molecular complexity index is 1030. The molecular weight excluding hydrogens is 386 g/mol. The number of nitrogens with zero attached hydrogens (tertiary/aromatic N) is 2. The summed E-state index contributed by atoms with van der Waals surface area (Å²) in [5.74, 6) is 0.785. The molecule has 1 N–H and O–H groups in total. The average molecular weight is 412 g/mol. The highest BCUT2D eigenvalue weighted by molar-refractivity contribution is 7.99. The van der Waals surface area contributed by atoms with Crippen LogP contribution in [0, 0.1) is 0 Å². The van der Waals surface area contributed by atoms with E-state index in [1.54, 1.807) is 22.8 Å².